The van der Waals surface area contributed by atoms with Gasteiger partial charge in [-0.3, -0.25) is 0 Å². The van der Waals surface area contributed by atoms with Gasteiger partial charge in [0, 0.05) is 11.6 Å². The smallest absolute Gasteiger partial charge is 0.177 e. The molecule has 0 saturated heterocycles. The molecule has 0 aliphatic heterocycles. The molecule has 0 aliphatic rings. The number of nitrogens with zero attached hydrogens (tertiary/aromatic N) is 1. The van der Waals surface area contributed by atoms with Crippen LogP contribution in [-0.2, 0) is 0 Å². The van der Waals surface area contributed by atoms with E-state index in [2.05, 4.69) is 5.16 Å². The summed E-state index contributed by atoms with van der Waals surface area (Å²) in [5.74, 6) is 0.482. The maximum absolute atomic E-state index is 12.8. The fourth-order valence-corrected chi connectivity index (χ4v) is 2.24. The monoisotopic (exact) mass is 245 g/mol. The standard InChI is InChI=1S/C13H8FNOS/c14-10-5-3-9(4-6-10)11-8-12(16-15-11)13-2-1-7-17-13/h1-8H. The maximum Gasteiger partial charge on any atom is 0.177 e. The van der Waals surface area contributed by atoms with Crippen molar-refractivity contribution in [3.63, 3.8) is 0 Å². The number of thiophene rings is 1. The Morgan fingerprint density at radius 1 is 1.12 bits per heavy atom. The van der Waals surface area contributed by atoms with Crippen molar-refractivity contribution < 1.29 is 8.91 Å². The molecule has 0 saturated carbocycles. The Balaban J connectivity index is 1.98. The van der Waals surface area contributed by atoms with E-state index < -0.39 is 0 Å². The largest absolute Gasteiger partial charge is 0.355 e. The van der Waals surface area contributed by atoms with Crippen LogP contribution in [0.3, 0.4) is 0 Å². The van der Waals surface area contributed by atoms with E-state index in [1.54, 1.807) is 23.5 Å². The molecule has 1 aromatic carbocycles. The van der Waals surface area contributed by atoms with Crippen LogP contribution in [0.5, 0.6) is 0 Å². The van der Waals surface area contributed by atoms with Crippen LogP contribution in [0, 0.1) is 5.82 Å². The summed E-state index contributed by atoms with van der Waals surface area (Å²) >= 11 is 1.59. The first kappa shape index (κ1) is 10.2. The van der Waals surface area contributed by atoms with E-state index in [1.165, 1.54) is 12.1 Å². The number of benzene rings is 1. The molecule has 17 heavy (non-hydrogen) atoms. The Morgan fingerprint density at radius 2 is 1.94 bits per heavy atom. The third-order valence-corrected chi connectivity index (χ3v) is 3.30. The molecule has 0 radical (unpaired) electrons. The van der Waals surface area contributed by atoms with Crippen molar-refractivity contribution in [3.05, 3.63) is 53.7 Å². The highest BCUT2D eigenvalue weighted by Crippen LogP contribution is 2.28. The Kier molecular flexibility index (Phi) is 2.49. The highest BCUT2D eigenvalue weighted by atomic mass is 32.1. The van der Waals surface area contributed by atoms with Crippen molar-refractivity contribution >= 4 is 11.3 Å². The molecule has 2 heterocycles. The van der Waals surface area contributed by atoms with Crippen molar-refractivity contribution in [2.75, 3.05) is 0 Å². The van der Waals surface area contributed by atoms with Gasteiger partial charge >= 0.3 is 0 Å². The quantitative estimate of drug-likeness (QED) is 0.676. The molecule has 84 valence electrons. The van der Waals surface area contributed by atoms with Crippen LogP contribution in [0.25, 0.3) is 21.9 Å². The Morgan fingerprint density at radius 3 is 2.65 bits per heavy atom. The van der Waals surface area contributed by atoms with Gasteiger partial charge in [0.15, 0.2) is 5.76 Å². The molecule has 0 atom stereocenters. The maximum atomic E-state index is 12.8. The van der Waals surface area contributed by atoms with Gasteiger partial charge in [0.2, 0.25) is 0 Å². The highest BCUT2D eigenvalue weighted by molar-refractivity contribution is 7.13. The summed E-state index contributed by atoms with van der Waals surface area (Å²) in [7, 11) is 0. The first-order valence-electron chi connectivity index (χ1n) is 5.09. The lowest BCUT2D eigenvalue weighted by atomic mass is 10.1. The van der Waals surface area contributed by atoms with Crippen LogP contribution < -0.4 is 0 Å². The van der Waals surface area contributed by atoms with E-state index in [4.69, 9.17) is 4.52 Å². The number of rotatable bonds is 2. The molecule has 0 spiro atoms. The van der Waals surface area contributed by atoms with Gasteiger partial charge in [0.05, 0.1) is 4.88 Å². The third kappa shape index (κ3) is 1.99. The van der Waals surface area contributed by atoms with Gasteiger partial charge < -0.3 is 4.52 Å². The zero-order valence-corrected chi connectivity index (χ0v) is 9.58. The van der Waals surface area contributed by atoms with Crippen LogP contribution in [0.15, 0.2) is 52.4 Å². The van der Waals surface area contributed by atoms with E-state index in [1.807, 2.05) is 23.6 Å². The predicted octanol–water partition coefficient (Wildman–Crippen LogP) is 4.21. The Bertz CT molecular complexity index is 613. The minimum absolute atomic E-state index is 0.254. The second-order valence-electron chi connectivity index (χ2n) is 3.56. The fraction of sp³-hybridized carbons (Fsp3) is 0. The van der Waals surface area contributed by atoms with Crippen molar-refractivity contribution in [2.24, 2.45) is 0 Å². The van der Waals surface area contributed by atoms with Crippen LogP contribution in [0.4, 0.5) is 4.39 Å². The molecule has 0 fully saturated rings. The number of halogens is 1. The van der Waals surface area contributed by atoms with Gasteiger partial charge in [-0.25, -0.2) is 4.39 Å². The molecule has 0 amide bonds. The van der Waals surface area contributed by atoms with Gasteiger partial charge in [-0.2, -0.15) is 0 Å². The number of hydrogen-bond acceptors (Lipinski definition) is 3. The molecule has 3 rings (SSSR count). The average Bonchev–Trinajstić information content (AvgIpc) is 3.00. The third-order valence-electron chi connectivity index (χ3n) is 2.41. The summed E-state index contributed by atoms with van der Waals surface area (Å²) in [5, 5.41) is 5.96. The Labute approximate surface area is 101 Å². The van der Waals surface area contributed by atoms with Crippen molar-refractivity contribution in [1.29, 1.82) is 0 Å². The Hall–Kier alpha value is -1.94. The summed E-state index contributed by atoms with van der Waals surface area (Å²) < 4.78 is 18.0. The summed E-state index contributed by atoms with van der Waals surface area (Å²) in [5.41, 5.74) is 1.56. The molecule has 0 unspecified atom stereocenters. The van der Waals surface area contributed by atoms with Crippen molar-refractivity contribution in [2.45, 2.75) is 0 Å². The molecule has 0 N–H and O–H groups in total. The van der Waals surface area contributed by atoms with Crippen LogP contribution >= 0.6 is 11.3 Å². The van der Waals surface area contributed by atoms with Gasteiger partial charge in [-0.15, -0.1) is 11.3 Å². The minimum atomic E-state index is -0.254. The fourth-order valence-electron chi connectivity index (χ4n) is 1.57. The van der Waals surface area contributed by atoms with Crippen LogP contribution in [0.1, 0.15) is 0 Å². The number of hydrogen-bond donors (Lipinski definition) is 0. The van der Waals surface area contributed by atoms with Gasteiger partial charge in [0.1, 0.15) is 11.5 Å². The molecule has 4 heteroatoms. The second-order valence-corrected chi connectivity index (χ2v) is 4.51. The normalized spacial score (nSPS) is 10.6. The topological polar surface area (TPSA) is 26.0 Å². The molecular weight excluding hydrogens is 237 g/mol. The highest BCUT2D eigenvalue weighted by Gasteiger charge is 2.08. The predicted molar refractivity (Wildman–Crippen MR) is 65.2 cm³/mol. The molecular formula is C13H8FNOS. The van der Waals surface area contributed by atoms with E-state index in [0.717, 1.165) is 16.2 Å². The second kappa shape index (κ2) is 4.14. The average molecular weight is 245 g/mol. The molecule has 0 aliphatic carbocycles. The summed E-state index contributed by atoms with van der Waals surface area (Å²) in [6, 6.07) is 12.0. The van der Waals surface area contributed by atoms with Crippen molar-refractivity contribution in [3.8, 4) is 21.9 Å². The zero-order valence-electron chi connectivity index (χ0n) is 8.76. The molecule has 2 nitrogen and oxygen atoms in total. The van der Waals surface area contributed by atoms with E-state index in [-0.39, 0.29) is 5.82 Å². The SMILES string of the molecule is Fc1ccc(-c2cc(-c3cccs3)on2)cc1. The lowest BCUT2D eigenvalue weighted by molar-refractivity contribution is 0.436. The molecule has 0 bridgehead atoms. The first-order valence-corrected chi connectivity index (χ1v) is 5.97. The van der Waals surface area contributed by atoms with Crippen LogP contribution in [-0.4, -0.2) is 5.16 Å². The molecule has 2 aromatic heterocycles. The lowest BCUT2D eigenvalue weighted by Gasteiger charge is -1.93. The summed E-state index contributed by atoms with van der Waals surface area (Å²) in [4.78, 5) is 1.03. The van der Waals surface area contributed by atoms with E-state index in [9.17, 15) is 4.39 Å². The van der Waals surface area contributed by atoms with E-state index >= 15 is 0 Å². The summed E-state index contributed by atoms with van der Waals surface area (Å²) in [6.07, 6.45) is 0. The van der Waals surface area contributed by atoms with Gasteiger partial charge in [0.25, 0.3) is 0 Å². The van der Waals surface area contributed by atoms with Crippen molar-refractivity contribution in [1.82, 2.24) is 5.16 Å². The lowest BCUT2D eigenvalue weighted by Crippen LogP contribution is -1.77. The van der Waals surface area contributed by atoms with Gasteiger partial charge in [-0.1, -0.05) is 11.2 Å². The minimum Gasteiger partial charge on any atom is -0.355 e. The first-order chi connectivity index (χ1) is 8.33. The zero-order chi connectivity index (χ0) is 11.7. The van der Waals surface area contributed by atoms with Crippen LogP contribution in [0.2, 0.25) is 0 Å². The molecule has 3 aromatic rings. The van der Waals surface area contributed by atoms with E-state index in [0.29, 0.717) is 5.69 Å². The summed E-state index contributed by atoms with van der Waals surface area (Å²) in [6.45, 7) is 0. The number of aromatic nitrogens is 1. The van der Waals surface area contributed by atoms with Gasteiger partial charge in [-0.05, 0) is 35.7 Å².